The van der Waals surface area contributed by atoms with Crippen LogP contribution < -0.4 is 5.73 Å². The molecule has 116 valence electrons. The Kier molecular flexibility index (Phi) is 2.85. The number of aromatic nitrogens is 2. The number of hydrogen-bond acceptors (Lipinski definition) is 4. The van der Waals surface area contributed by atoms with Crippen LogP contribution in [0.25, 0.3) is 10.9 Å². The summed E-state index contributed by atoms with van der Waals surface area (Å²) >= 11 is 0. The molecule has 5 heteroatoms. The van der Waals surface area contributed by atoms with Crippen molar-refractivity contribution in [2.75, 3.05) is 7.11 Å². The molecular weight excluding hydrogens is 278 g/mol. The molecule has 5 nitrogen and oxygen atoms in total. The van der Waals surface area contributed by atoms with Gasteiger partial charge in [0.2, 0.25) is 0 Å². The summed E-state index contributed by atoms with van der Waals surface area (Å²) in [7, 11) is 1.40. The number of rotatable bonds is 2. The molecule has 0 atom stereocenters. The van der Waals surface area contributed by atoms with Crippen molar-refractivity contribution in [3.05, 3.63) is 30.0 Å². The van der Waals surface area contributed by atoms with Gasteiger partial charge in [0, 0.05) is 17.1 Å². The summed E-state index contributed by atoms with van der Waals surface area (Å²) in [4.78, 5) is 11.7. The zero-order chi connectivity index (χ0) is 15.4. The minimum Gasteiger partial charge on any atom is -0.465 e. The molecule has 2 aromatic rings. The van der Waals surface area contributed by atoms with Crippen LogP contribution >= 0.6 is 0 Å². The molecule has 2 N–H and O–H groups in total. The fourth-order valence-electron chi connectivity index (χ4n) is 4.04. The van der Waals surface area contributed by atoms with Crippen LogP contribution in [0.3, 0.4) is 0 Å². The molecule has 2 bridgehead atoms. The van der Waals surface area contributed by atoms with E-state index in [1.54, 1.807) is 6.07 Å². The fourth-order valence-corrected chi connectivity index (χ4v) is 4.04. The lowest BCUT2D eigenvalue weighted by atomic mass is 9.62. The zero-order valence-corrected chi connectivity index (χ0v) is 12.8. The highest BCUT2D eigenvalue weighted by atomic mass is 16.5. The van der Waals surface area contributed by atoms with E-state index in [4.69, 9.17) is 15.6 Å². The summed E-state index contributed by atoms with van der Waals surface area (Å²) in [6, 6.07) is 5.55. The zero-order valence-electron chi connectivity index (χ0n) is 12.8. The molecule has 0 unspecified atom stereocenters. The lowest BCUT2D eigenvalue weighted by Crippen LogP contribution is -2.55. The Hall–Kier alpha value is -1.88. The van der Waals surface area contributed by atoms with Crippen molar-refractivity contribution < 1.29 is 9.53 Å². The Bertz CT molecular complexity index is 725. The molecule has 0 amide bonds. The summed E-state index contributed by atoms with van der Waals surface area (Å²) < 4.78 is 6.92. The molecule has 3 saturated carbocycles. The van der Waals surface area contributed by atoms with Crippen LogP contribution in [0.1, 0.15) is 48.9 Å². The van der Waals surface area contributed by atoms with Crippen LogP contribution in [0.4, 0.5) is 0 Å². The predicted molar refractivity (Wildman–Crippen MR) is 83.7 cm³/mol. The van der Waals surface area contributed by atoms with E-state index < -0.39 is 0 Å². The first-order chi connectivity index (χ1) is 10.5. The van der Waals surface area contributed by atoms with Gasteiger partial charge in [-0.25, -0.2) is 4.79 Å². The first-order valence-corrected chi connectivity index (χ1v) is 7.91. The predicted octanol–water partition coefficient (Wildman–Crippen LogP) is 2.58. The number of ether oxygens (including phenoxy) is 1. The lowest BCUT2D eigenvalue weighted by Gasteiger charge is -2.51. The van der Waals surface area contributed by atoms with Gasteiger partial charge in [0.1, 0.15) is 0 Å². The maximum atomic E-state index is 11.7. The average molecular weight is 299 g/mol. The van der Waals surface area contributed by atoms with Crippen molar-refractivity contribution in [2.45, 2.75) is 49.6 Å². The maximum absolute atomic E-state index is 11.7. The number of methoxy groups -OCH3 is 1. The van der Waals surface area contributed by atoms with Gasteiger partial charge in [-0.15, -0.1) is 0 Å². The molecule has 0 aliphatic heterocycles. The van der Waals surface area contributed by atoms with Crippen molar-refractivity contribution in [3.63, 3.8) is 0 Å². The fraction of sp³-hybridized carbons (Fsp3) is 0.529. The number of fused-ring (bicyclic) bond motifs is 4. The highest BCUT2D eigenvalue weighted by Crippen LogP contribution is 2.49. The van der Waals surface area contributed by atoms with Crippen molar-refractivity contribution in [3.8, 4) is 0 Å². The van der Waals surface area contributed by atoms with Crippen LogP contribution in [0.15, 0.2) is 24.4 Å². The smallest absolute Gasteiger partial charge is 0.337 e. The summed E-state index contributed by atoms with van der Waals surface area (Å²) in [5.41, 5.74) is 7.98. The Morgan fingerprint density at radius 3 is 2.55 bits per heavy atom. The van der Waals surface area contributed by atoms with Gasteiger partial charge in [0.15, 0.2) is 0 Å². The number of nitrogens with zero attached hydrogens (tertiary/aromatic N) is 2. The highest BCUT2D eigenvalue weighted by molar-refractivity contribution is 5.94. The molecule has 0 radical (unpaired) electrons. The van der Waals surface area contributed by atoms with Gasteiger partial charge in [-0.2, -0.15) is 5.10 Å². The van der Waals surface area contributed by atoms with E-state index in [0.29, 0.717) is 5.56 Å². The minimum atomic E-state index is -0.321. The molecular formula is C17H21N3O2. The number of carbonyl (C=O) groups is 1. The third kappa shape index (κ3) is 1.96. The van der Waals surface area contributed by atoms with E-state index in [2.05, 4.69) is 10.9 Å². The summed E-state index contributed by atoms with van der Waals surface area (Å²) in [5, 5.41) is 5.84. The topological polar surface area (TPSA) is 70.1 Å². The molecule has 3 fully saturated rings. The summed E-state index contributed by atoms with van der Waals surface area (Å²) in [6.07, 6.45) is 8.65. The number of hydrogen-bond donors (Lipinski definition) is 1. The van der Waals surface area contributed by atoms with Crippen molar-refractivity contribution in [2.24, 2.45) is 5.73 Å². The van der Waals surface area contributed by atoms with E-state index in [1.807, 2.05) is 12.1 Å². The monoisotopic (exact) mass is 299 g/mol. The second-order valence-electron chi connectivity index (χ2n) is 6.93. The Labute approximate surface area is 129 Å². The second kappa shape index (κ2) is 4.56. The first-order valence-electron chi connectivity index (χ1n) is 7.91. The van der Waals surface area contributed by atoms with Crippen molar-refractivity contribution in [1.29, 1.82) is 0 Å². The Balaban J connectivity index is 1.72. The third-order valence-corrected chi connectivity index (χ3v) is 5.68. The highest BCUT2D eigenvalue weighted by Gasteiger charge is 2.48. The standard InChI is InChI=1S/C17H21N3O2/c1-22-15(21)12-2-3-13-11-20(19-14(13)10-12)17-7-4-16(18,5-8-17)6-9-17/h2-3,10-11H,4-9,18H2,1H3. The normalized spacial score (nSPS) is 30.6. The lowest BCUT2D eigenvalue weighted by molar-refractivity contribution is 0.0445. The summed E-state index contributed by atoms with van der Waals surface area (Å²) in [6.45, 7) is 0. The van der Waals surface area contributed by atoms with E-state index in [-0.39, 0.29) is 17.0 Å². The van der Waals surface area contributed by atoms with Crippen LogP contribution in [0.2, 0.25) is 0 Å². The van der Waals surface area contributed by atoms with Gasteiger partial charge in [-0.05, 0) is 50.7 Å². The van der Waals surface area contributed by atoms with Crippen LogP contribution in [0.5, 0.6) is 0 Å². The van der Waals surface area contributed by atoms with Gasteiger partial charge in [0.05, 0.1) is 23.7 Å². The Morgan fingerprint density at radius 2 is 1.91 bits per heavy atom. The maximum Gasteiger partial charge on any atom is 0.337 e. The number of benzene rings is 1. The third-order valence-electron chi connectivity index (χ3n) is 5.68. The van der Waals surface area contributed by atoms with Crippen LogP contribution in [-0.4, -0.2) is 28.4 Å². The molecule has 0 saturated heterocycles. The number of esters is 1. The van der Waals surface area contributed by atoms with E-state index in [9.17, 15) is 4.79 Å². The molecule has 1 aromatic carbocycles. The average Bonchev–Trinajstić information content (AvgIpc) is 2.99. The van der Waals surface area contributed by atoms with Crippen molar-refractivity contribution >= 4 is 16.9 Å². The molecule has 1 heterocycles. The molecule has 3 aliphatic carbocycles. The van der Waals surface area contributed by atoms with E-state index in [1.165, 1.54) is 7.11 Å². The molecule has 1 aromatic heterocycles. The largest absolute Gasteiger partial charge is 0.465 e. The van der Waals surface area contributed by atoms with Gasteiger partial charge < -0.3 is 10.5 Å². The van der Waals surface area contributed by atoms with Gasteiger partial charge in [0.25, 0.3) is 0 Å². The van der Waals surface area contributed by atoms with Gasteiger partial charge in [-0.1, -0.05) is 6.07 Å². The first kappa shape index (κ1) is 13.8. The van der Waals surface area contributed by atoms with E-state index >= 15 is 0 Å². The van der Waals surface area contributed by atoms with E-state index in [0.717, 1.165) is 49.4 Å². The van der Waals surface area contributed by atoms with Crippen LogP contribution in [-0.2, 0) is 10.3 Å². The number of nitrogens with two attached hydrogens (primary N) is 1. The molecule has 0 spiro atoms. The van der Waals surface area contributed by atoms with Gasteiger partial charge >= 0.3 is 5.97 Å². The molecule has 22 heavy (non-hydrogen) atoms. The summed E-state index contributed by atoms with van der Waals surface area (Å²) in [5.74, 6) is -0.321. The van der Waals surface area contributed by atoms with Crippen LogP contribution in [0, 0.1) is 0 Å². The molecule has 3 aliphatic rings. The van der Waals surface area contributed by atoms with Crippen molar-refractivity contribution in [1.82, 2.24) is 9.78 Å². The quantitative estimate of drug-likeness (QED) is 0.865. The number of carbonyl (C=O) groups excluding carboxylic acids is 1. The van der Waals surface area contributed by atoms with Gasteiger partial charge in [-0.3, -0.25) is 4.68 Å². The molecule has 5 rings (SSSR count). The SMILES string of the molecule is COC(=O)c1ccc2cn(C34CCC(N)(CC3)CC4)nc2c1. The second-order valence-corrected chi connectivity index (χ2v) is 6.93. The minimum absolute atomic E-state index is 0.0619. The Morgan fingerprint density at radius 1 is 1.23 bits per heavy atom.